The third kappa shape index (κ3) is 14.3. The SMILES string of the molecule is C[Si](C)(C)c1ccc(N(c2ccccc2)c2ccc3c(c2)sc2c4ccc(-c5ccc(N(c6ccccc6)c6ccccc6-c6ccccc6)cc5)cc4c4ccccc4c32)cc1.c1ccc(-c2ccccc2N(c2ccccc2)c2ccc(-c3ccc4c(c3)c3ccccc3c3c5ccc(N(c6ccccc6)c6ccc7ccccc7c6)cc5sc43)cc2)cc1. The maximum Gasteiger partial charge on any atom is 0.0775 e. The molecular formula is C119H86N4S2Si. The second-order valence-electron chi connectivity index (χ2n) is 33.5. The fourth-order valence-corrected chi connectivity index (χ4v) is 22.4. The first kappa shape index (κ1) is 76.9. The number of fused-ring (bicyclic) bond motifs is 17. The van der Waals surface area contributed by atoms with Gasteiger partial charge in [0.15, 0.2) is 0 Å². The van der Waals surface area contributed by atoms with Gasteiger partial charge < -0.3 is 19.6 Å². The van der Waals surface area contributed by atoms with Gasteiger partial charge in [0, 0.05) is 119 Å². The van der Waals surface area contributed by atoms with E-state index in [1.165, 1.54) is 150 Å². The lowest BCUT2D eigenvalue weighted by molar-refractivity contribution is 1.28. The Kier molecular flexibility index (Phi) is 20.1. The average Bonchev–Trinajstić information content (AvgIpc) is 1.55. The minimum atomic E-state index is -1.43. The fourth-order valence-electron chi connectivity index (χ4n) is 18.7. The van der Waals surface area contributed by atoms with Gasteiger partial charge in [-0.15, -0.1) is 22.7 Å². The van der Waals surface area contributed by atoms with Gasteiger partial charge in [0.1, 0.15) is 0 Å². The van der Waals surface area contributed by atoms with Crippen LogP contribution >= 0.6 is 22.7 Å². The first-order chi connectivity index (χ1) is 62.1. The highest BCUT2D eigenvalue weighted by molar-refractivity contribution is 7.27. The van der Waals surface area contributed by atoms with Crippen molar-refractivity contribution in [3.05, 3.63) is 467 Å². The molecule has 0 aliphatic heterocycles. The standard InChI is InChI=1S/C60H40N2S.C59H46N2SSi/c1-4-17-43(18-5-1)51-24-14-15-27-57(51)62(47-22-8-3-9-23-47)48-32-28-42(29-33-48)45-31-36-54-56(39-45)52-25-12-13-26-53(52)59-55-37-35-50(40-58(55)63-60(54)59)61(46-20-6-2-7-21-46)49-34-30-41-16-10-11-19-44(41)38-49;1-63(2,3)49-35-32-46(33-36-49)60(44-19-9-5-10-20-44)48-34-38-54-57(40-48)62-59-53-37-29-43(39-55(53)51-24-13-14-25-52(51)58(54)59)41-27-30-47(31-28-41)61(45-21-11-6-12-22-45)56-26-16-15-23-50(56)42-17-7-4-8-18-42/h1-40H;4-40H,1-3H3. The topological polar surface area (TPSA) is 13.0 Å². The van der Waals surface area contributed by atoms with Crippen LogP contribution in [0.25, 0.3) is 139 Å². The Hall–Kier alpha value is -15.2. The lowest BCUT2D eigenvalue weighted by Crippen LogP contribution is -2.37. The molecule has 0 amide bonds. The van der Waals surface area contributed by atoms with Crippen molar-refractivity contribution in [2.45, 2.75) is 19.6 Å². The molecule has 0 aliphatic carbocycles. The lowest BCUT2D eigenvalue weighted by atomic mass is 9.94. The minimum Gasteiger partial charge on any atom is -0.310 e. The van der Waals surface area contributed by atoms with E-state index in [0.29, 0.717) is 0 Å². The molecule has 0 radical (unpaired) electrons. The molecule has 7 heteroatoms. The van der Waals surface area contributed by atoms with Gasteiger partial charge in [-0.3, -0.25) is 0 Å². The molecule has 0 fully saturated rings. The lowest BCUT2D eigenvalue weighted by Gasteiger charge is -2.28. The molecule has 4 nitrogen and oxygen atoms in total. The largest absolute Gasteiger partial charge is 0.310 e. The molecule has 0 unspecified atom stereocenters. The molecule has 0 saturated carbocycles. The molecule has 0 spiro atoms. The second-order valence-corrected chi connectivity index (χ2v) is 40.6. The third-order valence-corrected chi connectivity index (χ3v) is 29.2. The van der Waals surface area contributed by atoms with E-state index >= 15 is 0 Å². The zero-order chi connectivity index (χ0) is 84.2. The summed E-state index contributed by atoms with van der Waals surface area (Å²) in [7, 11) is -1.43. The number of hydrogen-bond donors (Lipinski definition) is 0. The van der Waals surface area contributed by atoms with Crippen LogP contribution in [0.1, 0.15) is 0 Å². The Labute approximate surface area is 743 Å². The number of anilines is 12. The highest BCUT2D eigenvalue weighted by Crippen LogP contribution is 2.52. The number of thiophene rings is 2. The zero-order valence-corrected chi connectivity index (χ0v) is 72.7. The summed E-state index contributed by atoms with van der Waals surface area (Å²) in [6, 6.07) is 170. The molecule has 598 valence electrons. The average molecular weight is 1660 g/mol. The van der Waals surface area contributed by atoms with Crippen LogP contribution in [0.15, 0.2) is 467 Å². The molecule has 23 rings (SSSR count). The van der Waals surface area contributed by atoms with Gasteiger partial charge in [0.2, 0.25) is 0 Å². The normalized spacial score (nSPS) is 11.6. The van der Waals surface area contributed by atoms with Crippen molar-refractivity contribution in [2.75, 3.05) is 19.6 Å². The Balaban J connectivity index is 0.000000149. The quantitative estimate of drug-likeness (QED) is 0.0665. The summed E-state index contributed by atoms with van der Waals surface area (Å²) in [5, 5.41) is 19.5. The number of hydrogen-bond acceptors (Lipinski definition) is 6. The van der Waals surface area contributed by atoms with Crippen molar-refractivity contribution in [3.8, 4) is 44.5 Å². The summed E-state index contributed by atoms with van der Waals surface area (Å²) >= 11 is 3.81. The molecule has 2 heterocycles. The summed E-state index contributed by atoms with van der Waals surface area (Å²) in [4.78, 5) is 9.51. The molecule has 23 aromatic rings. The van der Waals surface area contributed by atoms with E-state index in [1.54, 1.807) is 0 Å². The van der Waals surface area contributed by atoms with E-state index < -0.39 is 8.07 Å². The summed E-state index contributed by atoms with van der Waals surface area (Å²) in [5.41, 5.74) is 23.2. The van der Waals surface area contributed by atoms with Crippen LogP contribution in [0.3, 0.4) is 0 Å². The van der Waals surface area contributed by atoms with E-state index in [9.17, 15) is 0 Å². The van der Waals surface area contributed by atoms with Crippen LogP contribution in [0.4, 0.5) is 68.2 Å². The van der Waals surface area contributed by atoms with Crippen LogP contribution in [0, 0.1) is 0 Å². The van der Waals surface area contributed by atoms with Crippen LogP contribution in [0.2, 0.25) is 19.6 Å². The highest BCUT2D eigenvalue weighted by Gasteiger charge is 2.26. The van der Waals surface area contributed by atoms with Gasteiger partial charge in [-0.05, 0) is 222 Å². The molecular weight excluding hydrogens is 1580 g/mol. The molecule has 0 saturated heterocycles. The fraction of sp³-hybridized carbons (Fsp3) is 0.0252. The Morgan fingerprint density at radius 3 is 0.913 bits per heavy atom. The predicted molar refractivity (Wildman–Crippen MR) is 550 cm³/mol. The van der Waals surface area contributed by atoms with E-state index in [1.807, 2.05) is 22.7 Å². The highest BCUT2D eigenvalue weighted by atomic mass is 32.1. The first-order valence-electron chi connectivity index (χ1n) is 43.3. The van der Waals surface area contributed by atoms with Crippen LogP contribution < -0.4 is 24.8 Å². The third-order valence-electron chi connectivity index (χ3n) is 24.8. The molecule has 126 heavy (non-hydrogen) atoms. The Morgan fingerprint density at radius 2 is 0.484 bits per heavy atom. The van der Waals surface area contributed by atoms with Gasteiger partial charge >= 0.3 is 0 Å². The summed E-state index contributed by atoms with van der Waals surface area (Å²) in [6.45, 7) is 7.23. The number of nitrogens with zero attached hydrogens (tertiary/aromatic N) is 4. The van der Waals surface area contributed by atoms with Crippen LogP contribution in [0.5, 0.6) is 0 Å². The number of rotatable bonds is 17. The number of para-hydroxylation sites is 6. The van der Waals surface area contributed by atoms with Crippen molar-refractivity contribution >= 4 is 198 Å². The van der Waals surface area contributed by atoms with Gasteiger partial charge in [-0.2, -0.15) is 0 Å². The number of benzene rings is 21. The van der Waals surface area contributed by atoms with E-state index in [-0.39, 0.29) is 0 Å². The van der Waals surface area contributed by atoms with Gasteiger partial charge in [-0.25, -0.2) is 0 Å². The maximum atomic E-state index is 2.41. The maximum absolute atomic E-state index is 2.41. The van der Waals surface area contributed by atoms with Crippen molar-refractivity contribution < 1.29 is 0 Å². The van der Waals surface area contributed by atoms with Gasteiger partial charge in [0.05, 0.1) is 19.4 Å². The molecule has 0 bridgehead atoms. The summed E-state index contributed by atoms with van der Waals surface area (Å²) < 4.78 is 5.22. The van der Waals surface area contributed by atoms with Crippen molar-refractivity contribution in [1.82, 2.24) is 0 Å². The molecule has 0 aliphatic rings. The van der Waals surface area contributed by atoms with E-state index in [2.05, 4.69) is 506 Å². The smallest absolute Gasteiger partial charge is 0.0775 e. The van der Waals surface area contributed by atoms with Gasteiger partial charge in [-0.1, -0.05) is 346 Å². The molecule has 0 N–H and O–H groups in total. The first-order valence-corrected chi connectivity index (χ1v) is 48.4. The van der Waals surface area contributed by atoms with Crippen molar-refractivity contribution in [2.24, 2.45) is 0 Å². The van der Waals surface area contributed by atoms with E-state index in [0.717, 1.165) is 62.6 Å². The molecule has 21 aromatic carbocycles. The molecule has 2 aromatic heterocycles. The van der Waals surface area contributed by atoms with Gasteiger partial charge in [0.25, 0.3) is 0 Å². The van der Waals surface area contributed by atoms with E-state index in [4.69, 9.17) is 0 Å². The van der Waals surface area contributed by atoms with Crippen LogP contribution in [-0.2, 0) is 0 Å². The molecule has 0 atom stereocenters. The zero-order valence-electron chi connectivity index (χ0n) is 70.1. The predicted octanol–water partition coefficient (Wildman–Crippen LogP) is 35.0. The monoisotopic (exact) mass is 1660 g/mol. The minimum absolute atomic E-state index is 1.11. The Bertz CT molecular complexity index is 7980. The Morgan fingerprint density at radius 1 is 0.183 bits per heavy atom. The summed E-state index contributed by atoms with van der Waals surface area (Å²) in [6.07, 6.45) is 0. The van der Waals surface area contributed by atoms with Crippen molar-refractivity contribution in [3.63, 3.8) is 0 Å². The summed E-state index contributed by atoms with van der Waals surface area (Å²) in [5.74, 6) is 0. The van der Waals surface area contributed by atoms with Crippen LogP contribution in [-0.4, -0.2) is 8.07 Å². The van der Waals surface area contributed by atoms with Crippen molar-refractivity contribution in [1.29, 1.82) is 0 Å². The second kappa shape index (κ2) is 32.9.